The van der Waals surface area contributed by atoms with Crippen LogP contribution >= 0.6 is 0 Å². The molecule has 4 rings (SSSR count). The van der Waals surface area contributed by atoms with Gasteiger partial charge in [-0.3, -0.25) is 9.59 Å². The number of nitrogens with one attached hydrogen (secondary N) is 2. The van der Waals surface area contributed by atoms with E-state index in [-0.39, 0.29) is 46.9 Å². The summed E-state index contributed by atoms with van der Waals surface area (Å²) in [5.41, 5.74) is 0.419. The van der Waals surface area contributed by atoms with Crippen molar-refractivity contribution in [2.45, 2.75) is 31.8 Å². The fraction of sp³-hybridized carbons (Fsp3) is 0.318. The van der Waals surface area contributed by atoms with Gasteiger partial charge in [0.25, 0.3) is 5.88 Å². The molecule has 0 unspecified atom stereocenters. The van der Waals surface area contributed by atoms with Crippen LogP contribution in [0, 0.1) is 17.6 Å². The van der Waals surface area contributed by atoms with Gasteiger partial charge < -0.3 is 29.6 Å². The Morgan fingerprint density at radius 3 is 2.54 bits per heavy atom. The number of pyridine rings is 1. The minimum absolute atomic E-state index is 0.153. The van der Waals surface area contributed by atoms with Gasteiger partial charge in [0, 0.05) is 17.8 Å². The molecule has 11 nitrogen and oxygen atoms in total. The van der Waals surface area contributed by atoms with Crippen molar-refractivity contribution >= 4 is 29.3 Å². The van der Waals surface area contributed by atoms with Crippen molar-refractivity contribution in [3.05, 3.63) is 48.0 Å². The molecule has 13 heteroatoms. The number of methoxy groups -OCH3 is 1. The van der Waals surface area contributed by atoms with E-state index in [2.05, 4.69) is 25.8 Å². The number of carbonyl (C=O) groups is 2. The van der Waals surface area contributed by atoms with Crippen LogP contribution < -0.4 is 20.1 Å². The van der Waals surface area contributed by atoms with E-state index in [1.165, 1.54) is 25.4 Å². The van der Waals surface area contributed by atoms with Gasteiger partial charge in [-0.15, -0.1) is 5.10 Å². The second kappa shape index (κ2) is 10.3. The quantitative estimate of drug-likeness (QED) is 0.427. The van der Waals surface area contributed by atoms with Gasteiger partial charge in [0.05, 0.1) is 24.9 Å². The number of aromatic nitrogens is 3. The first-order valence-corrected chi connectivity index (χ1v) is 10.6. The average molecular weight is 489 g/mol. The van der Waals surface area contributed by atoms with E-state index in [1.807, 2.05) is 0 Å². The summed E-state index contributed by atoms with van der Waals surface area (Å²) >= 11 is 0. The number of amides is 1. The Kier molecular flexibility index (Phi) is 7.03. The number of aliphatic carboxylic acids is 1. The number of hydrogen-bond acceptors (Lipinski definition) is 9. The molecule has 1 amide bonds. The second-order valence-corrected chi connectivity index (χ2v) is 7.78. The topological polar surface area (TPSA) is 149 Å². The summed E-state index contributed by atoms with van der Waals surface area (Å²) in [5.74, 6) is -3.85. The third-order valence-electron chi connectivity index (χ3n) is 5.39. The number of halogens is 2. The molecule has 0 radical (unpaired) electrons. The van der Waals surface area contributed by atoms with E-state index in [1.54, 1.807) is 0 Å². The zero-order valence-electron chi connectivity index (χ0n) is 18.5. The molecule has 184 valence electrons. The Balaban J connectivity index is 1.37. The molecule has 1 aliphatic rings. The van der Waals surface area contributed by atoms with Crippen LogP contribution in [0.2, 0.25) is 0 Å². The summed E-state index contributed by atoms with van der Waals surface area (Å²) in [6.07, 6.45) is 3.37. The molecule has 1 aromatic carbocycles. The molecule has 0 spiro atoms. The highest BCUT2D eigenvalue weighted by molar-refractivity contribution is 6.01. The predicted molar refractivity (Wildman–Crippen MR) is 117 cm³/mol. The first-order chi connectivity index (χ1) is 16.8. The van der Waals surface area contributed by atoms with Crippen molar-refractivity contribution in [1.29, 1.82) is 0 Å². The SMILES string of the molecule is COc1cc(NC(=O)c2nnc(Nc3ccc(F)c(F)c3)o2)cnc1OC1CCC(C(=O)O)CC1. The maximum Gasteiger partial charge on any atom is 0.320 e. The molecule has 2 aromatic heterocycles. The highest BCUT2D eigenvalue weighted by atomic mass is 19.2. The van der Waals surface area contributed by atoms with E-state index >= 15 is 0 Å². The van der Waals surface area contributed by atoms with Crippen molar-refractivity contribution in [2.75, 3.05) is 17.7 Å². The molecular formula is C22H21F2N5O6. The van der Waals surface area contributed by atoms with Gasteiger partial charge in [-0.2, -0.15) is 0 Å². The van der Waals surface area contributed by atoms with Crippen LogP contribution in [0.15, 0.2) is 34.9 Å². The lowest BCUT2D eigenvalue weighted by Crippen LogP contribution is -2.28. The van der Waals surface area contributed by atoms with Crippen molar-refractivity contribution in [1.82, 2.24) is 15.2 Å². The van der Waals surface area contributed by atoms with Gasteiger partial charge >= 0.3 is 23.8 Å². The summed E-state index contributed by atoms with van der Waals surface area (Å²) in [6.45, 7) is 0. The molecule has 3 N–H and O–H groups in total. The number of benzene rings is 1. The molecule has 0 aliphatic heterocycles. The third-order valence-corrected chi connectivity index (χ3v) is 5.39. The van der Waals surface area contributed by atoms with E-state index in [4.69, 9.17) is 19.0 Å². The summed E-state index contributed by atoms with van der Waals surface area (Å²) in [7, 11) is 1.42. The molecule has 1 aliphatic carbocycles. The van der Waals surface area contributed by atoms with E-state index < -0.39 is 23.5 Å². The number of carboxylic acids is 1. The van der Waals surface area contributed by atoms with Crippen LogP contribution in [-0.2, 0) is 4.79 Å². The van der Waals surface area contributed by atoms with Crippen LogP contribution in [0.1, 0.15) is 36.4 Å². The van der Waals surface area contributed by atoms with Gasteiger partial charge in [-0.1, -0.05) is 5.10 Å². The normalized spacial score (nSPS) is 17.5. The smallest absolute Gasteiger partial charge is 0.320 e. The van der Waals surface area contributed by atoms with Crippen molar-refractivity contribution < 1.29 is 37.4 Å². The fourth-order valence-corrected chi connectivity index (χ4v) is 3.57. The molecular weight excluding hydrogens is 468 g/mol. The summed E-state index contributed by atoms with van der Waals surface area (Å²) in [5, 5.41) is 21.5. The molecule has 1 fully saturated rings. The zero-order valence-corrected chi connectivity index (χ0v) is 18.5. The minimum atomic E-state index is -1.06. The summed E-state index contributed by atoms with van der Waals surface area (Å²) < 4.78 is 42.8. The minimum Gasteiger partial charge on any atom is -0.491 e. The Morgan fingerprint density at radius 2 is 1.86 bits per heavy atom. The van der Waals surface area contributed by atoms with Crippen LogP contribution in [0.3, 0.4) is 0 Å². The molecule has 2 heterocycles. The van der Waals surface area contributed by atoms with Crippen molar-refractivity contribution in [3.8, 4) is 11.6 Å². The number of rotatable bonds is 8. The molecule has 1 saturated carbocycles. The maximum absolute atomic E-state index is 13.3. The lowest BCUT2D eigenvalue weighted by molar-refractivity contribution is -0.143. The molecule has 0 atom stereocenters. The lowest BCUT2D eigenvalue weighted by atomic mass is 9.87. The number of nitrogens with zero attached hydrogens (tertiary/aromatic N) is 3. The summed E-state index contributed by atoms with van der Waals surface area (Å²) in [6, 6.07) is 4.40. The Morgan fingerprint density at radius 1 is 1.09 bits per heavy atom. The highest BCUT2D eigenvalue weighted by Gasteiger charge is 2.28. The zero-order chi connectivity index (χ0) is 24.9. The molecule has 35 heavy (non-hydrogen) atoms. The van der Waals surface area contributed by atoms with Gasteiger partial charge in [-0.25, -0.2) is 13.8 Å². The van der Waals surface area contributed by atoms with E-state index in [0.29, 0.717) is 25.7 Å². The van der Waals surface area contributed by atoms with Crippen LogP contribution in [0.4, 0.5) is 26.2 Å². The maximum atomic E-state index is 13.3. The van der Waals surface area contributed by atoms with Crippen LogP contribution in [0.5, 0.6) is 11.6 Å². The largest absolute Gasteiger partial charge is 0.491 e. The Labute approximate surface area is 197 Å². The standard InChI is InChI=1S/C22H21F2N5O6/c1-33-17-9-13(10-25-19(17)34-14-5-2-11(3-6-14)21(31)32)26-18(30)20-28-29-22(35-20)27-12-4-7-15(23)16(24)8-12/h4,7-11,14H,2-3,5-6H2,1H3,(H,26,30)(H,27,29)(H,31,32). The molecule has 3 aromatic rings. The van der Waals surface area contributed by atoms with Gasteiger partial charge in [0.2, 0.25) is 0 Å². The highest BCUT2D eigenvalue weighted by Crippen LogP contribution is 2.32. The number of carbonyl (C=O) groups excluding carboxylic acids is 1. The first-order valence-electron chi connectivity index (χ1n) is 10.6. The van der Waals surface area contributed by atoms with Gasteiger partial charge in [0.15, 0.2) is 17.4 Å². The second-order valence-electron chi connectivity index (χ2n) is 7.78. The van der Waals surface area contributed by atoms with Crippen LogP contribution in [0.25, 0.3) is 0 Å². The molecule has 0 saturated heterocycles. The Hall–Kier alpha value is -4.29. The summed E-state index contributed by atoms with van der Waals surface area (Å²) in [4.78, 5) is 27.8. The fourth-order valence-electron chi connectivity index (χ4n) is 3.57. The number of hydrogen-bond donors (Lipinski definition) is 3. The van der Waals surface area contributed by atoms with E-state index in [0.717, 1.165) is 12.1 Å². The lowest BCUT2D eigenvalue weighted by Gasteiger charge is -2.26. The molecule has 0 bridgehead atoms. The Bertz CT molecular complexity index is 1230. The van der Waals surface area contributed by atoms with Crippen molar-refractivity contribution in [3.63, 3.8) is 0 Å². The van der Waals surface area contributed by atoms with E-state index in [9.17, 15) is 18.4 Å². The first kappa shape index (κ1) is 23.9. The van der Waals surface area contributed by atoms with Gasteiger partial charge in [-0.05, 0) is 37.8 Å². The third kappa shape index (κ3) is 5.80. The predicted octanol–water partition coefficient (Wildman–Crippen LogP) is 3.77. The number of ether oxygens (including phenoxy) is 2. The van der Waals surface area contributed by atoms with Crippen LogP contribution in [-0.4, -0.2) is 45.4 Å². The monoisotopic (exact) mass is 489 g/mol. The van der Waals surface area contributed by atoms with Crippen molar-refractivity contribution in [2.24, 2.45) is 5.92 Å². The average Bonchev–Trinajstić information content (AvgIpc) is 3.31. The number of carboxylic acid groups (broad SMARTS) is 1. The number of anilines is 3. The van der Waals surface area contributed by atoms with Gasteiger partial charge in [0.1, 0.15) is 6.10 Å².